The van der Waals surface area contributed by atoms with Crippen molar-refractivity contribution >= 4 is 10.0 Å². The van der Waals surface area contributed by atoms with Crippen LogP contribution < -0.4 is 5.14 Å². The minimum absolute atomic E-state index is 0.124. The number of rotatable bonds is 4. The van der Waals surface area contributed by atoms with Crippen molar-refractivity contribution in [3.8, 4) is 33.4 Å². The molecule has 0 saturated carbocycles. The number of sulfonamides is 1. The number of benzene rings is 4. The lowest BCUT2D eigenvalue weighted by atomic mass is 9.91. The fourth-order valence-electron chi connectivity index (χ4n) is 3.39. The Morgan fingerprint density at radius 3 is 1.50 bits per heavy atom. The normalized spacial score (nSPS) is 11.3. The molecule has 4 heteroatoms. The van der Waals surface area contributed by atoms with Crippen LogP contribution in [-0.4, -0.2) is 8.42 Å². The summed E-state index contributed by atoms with van der Waals surface area (Å²) in [5.41, 5.74) is 4.94. The fraction of sp³-hybridized carbons (Fsp3) is 0. The molecule has 0 amide bonds. The van der Waals surface area contributed by atoms with Crippen LogP contribution >= 0.6 is 0 Å². The van der Waals surface area contributed by atoms with Crippen molar-refractivity contribution in [3.63, 3.8) is 0 Å². The highest BCUT2D eigenvalue weighted by molar-refractivity contribution is 7.89. The van der Waals surface area contributed by atoms with Gasteiger partial charge < -0.3 is 0 Å². The molecule has 4 aromatic carbocycles. The van der Waals surface area contributed by atoms with Gasteiger partial charge in [0.15, 0.2) is 0 Å². The highest BCUT2D eigenvalue weighted by Gasteiger charge is 2.21. The lowest BCUT2D eigenvalue weighted by molar-refractivity contribution is 0.598. The molecule has 0 unspecified atom stereocenters. The number of hydrogen-bond acceptors (Lipinski definition) is 2. The van der Waals surface area contributed by atoms with E-state index in [-0.39, 0.29) is 4.90 Å². The van der Waals surface area contributed by atoms with E-state index in [4.69, 9.17) is 5.14 Å². The first-order chi connectivity index (χ1) is 13.5. The van der Waals surface area contributed by atoms with Crippen molar-refractivity contribution in [2.45, 2.75) is 4.90 Å². The van der Waals surface area contributed by atoms with Gasteiger partial charge in [-0.15, -0.1) is 0 Å². The van der Waals surface area contributed by atoms with Crippen LogP contribution in [0.1, 0.15) is 0 Å². The molecule has 0 aliphatic carbocycles. The van der Waals surface area contributed by atoms with Crippen LogP contribution in [-0.2, 0) is 10.0 Å². The molecule has 0 aromatic heterocycles. The minimum atomic E-state index is -3.94. The molecular weight excluding hydrogens is 366 g/mol. The third kappa shape index (κ3) is 3.60. The third-order valence-corrected chi connectivity index (χ3v) is 5.60. The van der Waals surface area contributed by atoms with E-state index < -0.39 is 10.0 Å². The predicted octanol–water partition coefficient (Wildman–Crippen LogP) is 5.34. The quantitative estimate of drug-likeness (QED) is 0.516. The van der Waals surface area contributed by atoms with Crippen LogP contribution in [0.4, 0.5) is 0 Å². The van der Waals surface area contributed by atoms with Gasteiger partial charge in [-0.05, 0) is 39.9 Å². The predicted molar refractivity (Wildman–Crippen MR) is 114 cm³/mol. The second-order valence-electron chi connectivity index (χ2n) is 6.54. The van der Waals surface area contributed by atoms with E-state index in [1.807, 2.05) is 97.1 Å². The van der Waals surface area contributed by atoms with Crippen LogP contribution in [0.2, 0.25) is 0 Å². The van der Waals surface area contributed by atoms with Gasteiger partial charge in [-0.1, -0.05) is 91.0 Å². The summed E-state index contributed by atoms with van der Waals surface area (Å²) in [6.45, 7) is 0. The smallest absolute Gasteiger partial charge is 0.225 e. The molecule has 0 spiro atoms. The van der Waals surface area contributed by atoms with Crippen molar-refractivity contribution in [2.24, 2.45) is 5.14 Å². The van der Waals surface area contributed by atoms with E-state index in [1.165, 1.54) is 0 Å². The Morgan fingerprint density at radius 2 is 1.00 bits per heavy atom. The van der Waals surface area contributed by atoms with Gasteiger partial charge in [0.1, 0.15) is 0 Å². The lowest BCUT2D eigenvalue weighted by Gasteiger charge is -2.17. The minimum Gasteiger partial charge on any atom is -0.225 e. The van der Waals surface area contributed by atoms with E-state index in [0.29, 0.717) is 5.56 Å². The van der Waals surface area contributed by atoms with E-state index in [1.54, 1.807) is 6.07 Å². The van der Waals surface area contributed by atoms with Crippen molar-refractivity contribution in [1.82, 2.24) is 0 Å². The molecule has 4 rings (SSSR count). The van der Waals surface area contributed by atoms with Gasteiger partial charge in [0, 0.05) is 5.56 Å². The molecule has 3 nitrogen and oxygen atoms in total. The standard InChI is InChI=1S/C24H19NO2S/c25-28(26,27)23-17-21(18-10-4-1-5-11-18)16-22(19-12-6-2-7-13-19)24(23)20-14-8-3-9-15-20/h1-17H,(H2,25,26,27). The van der Waals surface area contributed by atoms with E-state index >= 15 is 0 Å². The lowest BCUT2D eigenvalue weighted by Crippen LogP contribution is -2.14. The first-order valence-corrected chi connectivity index (χ1v) is 10.5. The molecule has 138 valence electrons. The highest BCUT2D eigenvalue weighted by atomic mass is 32.2. The van der Waals surface area contributed by atoms with Gasteiger partial charge in [-0.2, -0.15) is 0 Å². The zero-order chi connectivity index (χ0) is 19.6. The summed E-state index contributed by atoms with van der Waals surface area (Å²) in [6.07, 6.45) is 0. The van der Waals surface area contributed by atoms with Crippen molar-refractivity contribution < 1.29 is 8.42 Å². The van der Waals surface area contributed by atoms with Crippen molar-refractivity contribution in [3.05, 3.63) is 103 Å². The summed E-state index contributed by atoms with van der Waals surface area (Å²) in [7, 11) is -3.94. The number of nitrogens with two attached hydrogens (primary N) is 1. The number of hydrogen-bond donors (Lipinski definition) is 1. The summed E-state index contributed by atoms with van der Waals surface area (Å²) in [5.74, 6) is 0. The molecule has 0 aliphatic rings. The summed E-state index contributed by atoms with van der Waals surface area (Å²) < 4.78 is 25.1. The maximum atomic E-state index is 12.6. The van der Waals surface area contributed by atoms with Crippen LogP contribution in [0.5, 0.6) is 0 Å². The van der Waals surface area contributed by atoms with Crippen LogP contribution in [0.25, 0.3) is 33.4 Å². The fourth-order valence-corrected chi connectivity index (χ4v) is 4.19. The molecule has 0 radical (unpaired) electrons. The largest absolute Gasteiger partial charge is 0.238 e. The molecule has 0 atom stereocenters. The molecule has 0 saturated heterocycles. The van der Waals surface area contributed by atoms with Gasteiger partial charge in [-0.25, -0.2) is 13.6 Å². The monoisotopic (exact) mass is 385 g/mol. The van der Waals surface area contributed by atoms with E-state index in [0.717, 1.165) is 27.8 Å². The molecule has 0 heterocycles. The van der Waals surface area contributed by atoms with E-state index in [9.17, 15) is 8.42 Å². The third-order valence-electron chi connectivity index (χ3n) is 4.66. The van der Waals surface area contributed by atoms with Crippen LogP contribution in [0, 0.1) is 0 Å². The van der Waals surface area contributed by atoms with Crippen molar-refractivity contribution in [1.29, 1.82) is 0 Å². The van der Waals surface area contributed by atoms with Gasteiger partial charge in [-0.3, -0.25) is 0 Å². The molecule has 0 bridgehead atoms. The Bertz CT molecular complexity index is 1200. The Kier molecular flexibility index (Phi) is 4.82. The second kappa shape index (κ2) is 7.43. The zero-order valence-corrected chi connectivity index (χ0v) is 15.9. The molecule has 2 N–H and O–H groups in total. The molecule has 4 aromatic rings. The maximum absolute atomic E-state index is 12.6. The van der Waals surface area contributed by atoms with Gasteiger partial charge in [0.2, 0.25) is 10.0 Å². The first kappa shape index (κ1) is 18.2. The van der Waals surface area contributed by atoms with Crippen molar-refractivity contribution in [2.75, 3.05) is 0 Å². The average molecular weight is 385 g/mol. The highest BCUT2D eigenvalue weighted by Crippen LogP contribution is 2.40. The Balaban J connectivity index is 2.12. The summed E-state index contributed by atoms with van der Waals surface area (Å²) in [5, 5.41) is 5.66. The SMILES string of the molecule is NS(=O)(=O)c1cc(-c2ccccc2)cc(-c2ccccc2)c1-c1ccccc1. The summed E-state index contributed by atoms with van der Waals surface area (Å²) in [6, 6.07) is 32.7. The maximum Gasteiger partial charge on any atom is 0.238 e. The Morgan fingerprint density at radius 1 is 0.536 bits per heavy atom. The molecular formula is C24H19NO2S. The van der Waals surface area contributed by atoms with Crippen LogP contribution in [0.15, 0.2) is 108 Å². The topological polar surface area (TPSA) is 60.2 Å². The summed E-state index contributed by atoms with van der Waals surface area (Å²) in [4.78, 5) is 0.124. The Labute approximate surface area is 165 Å². The van der Waals surface area contributed by atoms with E-state index in [2.05, 4.69) is 0 Å². The van der Waals surface area contributed by atoms with Crippen LogP contribution in [0.3, 0.4) is 0 Å². The first-order valence-electron chi connectivity index (χ1n) is 8.91. The van der Waals surface area contributed by atoms with Gasteiger partial charge in [0.05, 0.1) is 4.90 Å². The Hall–Kier alpha value is -3.21. The zero-order valence-electron chi connectivity index (χ0n) is 15.1. The molecule has 28 heavy (non-hydrogen) atoms. The second-order valence-corrected chi connectivity index (χ2v) is 8.07. The number of primary sulfonamides is 1. The molecule has 0 aliphatic heterocycles. The van der Waals surface area contributed by atoms with Gasteiger partial charge >= 0.3 is 0 Å². The summed E-state index contributed by atoms with van der Waals surface area (Å²) >= 11 is 0. The van der Waals surface area contributed by atoms with Gasteiger partial charge in [0.25, 0.3) is 0 Å². The molecule has 0 fully saturated rings. The average Bonchev–Trinajstić information content (AvgIpc) is 2.74.